The predicted molar refractivity (Wildman–Crippen MR) is 86.0 cm³/mol. The Kier molecular flexibility index (Phi) is 4.28. The zero-order chi connectivity index (χ0) is 14.7. The quantitative estimate of drug-likeness (QED) is 0.783. The first-order chi connectivity index (χ1) is 10.3. The summed E-state index contributed by atoms with van der Waals surface area (Å²) in [5, 5.41) is 7.39. The van der Waals surface area contributed by atoms with Gasteiger partial charge in [-0.3, -0.25) is 4.79 Å². The summed E-state index contributed by atoms with van der Waals surface area (Å²) in [5.74, 6) is -0.159. The predicted octanol–water partition coefficient (Wildman–Crippen LogP) is 3.48. The van der Waals surface area contributed by atoms with Gasteiger partial charge < -0.3 is 10.1 Å². The smallest absolute Gasteiger partial charge is 0.280 e. The molecule has 2 aromatic heterocycles. The number of amides is 1. The highest BCUT2D eigenvalue weighted by atomic mass is 32.1. The van der Waals surface area contributed by atoms with E-state index in [0.29, 0.717) is 11.6 Å². The zero-order valence-corrected chi connectivity index (χ0v) is 13.0. The van der Waals surface area contributed by atoms with E-state index in [0.717, 1.165) is 15.8 Å². The third kappa shape index (κ3) is 3.12. The number of rotatable bonds is 5. The highest BCUT2D eigenvalue weighted by molar-refractivity contribution is 7.20. The average Bonchev–Trinajstić information content (AvgIpc) is 3.16. The van der Waals surface area contributed by atoms with Crippen molar-refractivity contribution in [1.29, 1.82) is 0 Å². The van der Waals surface area contributed by atoms with Crippen molar-refractivity contribution in [3.05, 3.63) is 51.7 Å². The monoisotopic (exact) mass is 318 g/mol. The highest BCUT2D eigenvalue weighted by Crippen LogP contribution is 2.22. The molecule has 0 unspecified atom stereocenters. The molecule has 1 aromatic carbocycles. The van der Waals surface area contributed by atoms with Crippen LogP contribution in [0.3, 0.4) is 0 Å². The molecule has 0 bridgehead atoms. The van der Waals surface area contributed by atoms with E-state index in [1.807, 2.05) is 41.1 Å². The Morgan fingerprint density at radius 1 is 1.38 bits per heavy atom. The summed E-state index contributed by atoms with van der Waals surface area (Å²) in [7, 11) is 1.65. The summed E-state index contributed by atoms with van der Waals surface area (Å²) in [6, 6.07) is 9.74. The van der Waals surface area contributed by atoms with E-state index in [2.05, 4.69) is 10.3 Å². The van der Waals surface area contributed by atoms with Crippen LogP contribution in [0.5, 0.6) is 0 Å². The second-order valence-electron chi connectivity index (χ2n) is 4.48. The molecule has 0 spiro atoms. The number of thiophene rings is 1. The lowest BCUT2D eigenvalue weighted by atomic mass is 10.2. The number of benzene rings is 1. The first kappa shape index (κ1) is 14.2. The third-order valence-corrected chi connectivity index (χ3v) is 4.87. The van der Waals surface area contributed by atoms with Crippen LogP contribution < -0.4 is 5.32 Å². The summed E-state index contributed by atoms with van der Waals surface area (Å²) in [5.41, 5.74) is 1.93. The molecule has 1 N–H and O–H groups in total. The standard InChI is InChI=1S/C15H14N2O2S2/c1-19-12(10-6-7-20-9-10)8-16-14(18)15-17-11-4-2-3-5-13(11)21-15/h2-7,9,12H,8H2,1H3,(H,16,18)/t12-/m1/s1. The third-order valence-electron chi connectivity index (χ3n) is 3.14. The van der Waals surface area contributed by atoms with E-state index < -0.39 is 0 Å². The van der Waals surface area contributed by atoms with Crippen LogP contribution in [-0.2, 0) is 4.74 Å². The highest BCUT2D eigenvalue weighted by Gasteiger charge is 2.16. The maximum Gasteiger partial charge on any atom is 0.280 e. The van der Waals surface area contributed by atoms with Gasteiger partial charge in [-0.2, -0.15) is 11.3 Å². The number of ether oxygens (including phenoxy) is 1. The van der Waals surface area contributed by atoms with Gasteiger partial charge in [0.15, 0.2) is 5.01 Å². The molecule has 21 heavy (non-hydrogen) atoms. The minimum Gasteiger partial charge on any atom is -0.375 e. The number of aromatic nitrogens is 1. The zero-order valence-electron chi connectivity index (χ0n) is 11.4. The number of fused-ring (bicyclic) bond motifs is 1. The van der Waals surface area contributed by atoms with Crippen LogP contribution in [0.2, 0.25) is 0 Å². The van der Waals surface area contributed by atoms with Crippen LogP contribution in [0.15, 0.2) is 41.1 Å². The Morgan fingerprint density at radius 3 is 2.95 bits per heavy atom. The number of hydrogen-bond donors (Lipinski definition) is 1. The lowest BCUT2D eigenvalue weighted by molar-refractivity contribution is 0.0829. The molecular weight excluding hydrogens is 304 g/mol. The Hall–Kier alpha value is -1.76. The van der Waals surface area contributed by atoms with Gasteiger partial charge in [-0.15, -0.1) is 11.3 Å². The molecule has 0 fully saturated rings. The molecule has 4 nitrogen and oxygen atoms in total. The van der Waals surface area contributed by atoms with Gasteiger partial charge in [0, 0.05) is 13.7 Å². The van der Waals surface area contributed by atoms with Crippen molar-refractivity contribution in [3.8, 4) is 0 Å². The van der Waals surface area contributed by atoms with Gasteiger partial charge in [0.25, 0.3) is 5.91 Å². The van der Waals surface area contributed by atoms with Gasteiger partial charge >= 0.3 is 0 Å². The fraction of sp³-hybridized carbons (Fsp3) is 0.200. The van der Waals surface area contributed by atoms with E-state index in [4.69, 9.17) is 4.74 Å². The SMILES string of the molecule is CO[C@H](CNC(=O)c1nc2ccccc2s1)c1ccsc1. The lowest BCUT2D eigenvalue weighted by Crippen LogP contribution is -2.28. The van der Waals surface area contributed by atoms with Gasteiger partial charge in [-0.1, -0.05) is 12.1 Å². The Balaban J connectivity index is 1.68. The summed E-state index contributed by atoms with van der Waals surface area (Å²) in [4.78, 5) is 16.5. The molecule has 3 rings (SSSR count). The van der Waals surface area contributed by atoms with E-state index >= 15 is 0 Å². The Labute approximate surface area is 130 Å². The fourth-order valence-electron chi connectivity index (χ4n) is 2.03. The van der Waals surface area contributed by atoms with Crippen LogP contribution in [0.1, 0.15) is 21.5 Å². The second kappa shape index (κ2) is 6.34. The van der Waals surface area contributed by atoms with E-state index in [1.165, 1.54) is 11.3 Å². The molecule has 0 aliphatic carbocycles. The number of thiazole rings is 1. The van der Waals surface area contributed by atoms with Crippen molar-refractivity contribution in [2.24, 2.45) is 0 Å². The van der Waals surface area contributed by atoms with Gasteiger partial charge in [-0.25, -0.2) is 4.98 Å². The van der Waals surface area contributed by atoms with Crippen LogP contribution in [0.4, 0.5) is 0 Å². The Morgan fingerprint density at radius 2 is 2.24 bits per heavy atom. The molecule has 0 radical (unpaired) electrons. The fourth-order valence-corrected chi connectivity index (χ4v) is 3.61. The molecular formula is C15H14N2O2S2. The van der Waals surface area contributed by atoms with Gasteiger partial charge in [-0.05, 0) is 34.5 Å². The molecule has 0 saturated carbocycles. The van der Waals surface area contributed by atoms with Crippen LogP contribution in [0, 0.1) is 0 Å². The number of carbonyl (C=O) groups is 1. The molecule has 2 heterocycles. The molecule has 0 aliphatic rings. The minimum absolute atomic E-state index is 0.130. The van der Waals surface area contributed by atoms with Crippen molar-refractivity contribution in [2.75, 3.05) is 13.7 Å². The summed E-state index contributed by atoms with van der Waals surface area (Å²) in [6.07, 6.45) is -0.130. The normalized spacial score (nSPS) is 12.4. The molecule has 108 valence electrons. The van der Waals surface area contributed by atoms with Gasteiger partial charge in [0.1, 0.15) is 6.10 Å². The van der Waals surface area contributed by atoms with Crippen LogP contribution in [0.25, 0.3) is 10.2 Å². The van der Waals surface area contributed by atoms with Crippen LogP contribution >= 0.6 is 22.7 Å². The maximum absolute atomic E-state index is 12.2. The molecule has 1 amide bonds. The molecule has 6 heteroatoms. The first-order valence-electron chi connectivity index (χ1n) is 6.46. The second-order valence-corrected chi connectivity index (χ2v) is 6.29. The minimum atomic E-state index is -0.159. The summed E-state index contributed by atoms with van der Waals surface area (Å²) >= 11 is 3.01. The van der Waals surface area contributed by atoms with Crippen molar-refractivity contribution >= 4 is 38.8 Å². The topological polar surface area (TPSA) is 51.2 Å². The Bertz CT molecular complexity index is 704. The number of carbonyl (C=O) groups excluding carboxylic acids is 1. The largest absolute Gasteiger partial charge is 0.375 e. The van der Waals surface area contributed by atoms with E-state index in [9.17, 15) is 4.79 Å². The molecule has 0 aliphatic heterocycles. The lowest BCUT2D eigenvalue weighted by Gasteiger charge is -2.14. The summed E-state index contributed by atoms with van der Waals surface area (Å²) in [6.45, 7) is 0.433. The molecule has 0 saturated heterocycles. The van der Waals surface area contributed by atoms with Crippen LogP contribution in [-0.4, -0.2) is 24.5 Å². The number of para-hydroxylation sites is 1. The van der Waals surface area contributed by atoms with E-state index in [1.54, 1.807) is 18.4 Å². The van der Waals surface area contributed by atoms with Gasteiger partial charge in [0.2, 0.25) is 0 Å². The van der Waals surface area contributed by atoms with Crippen molar-refractivity contribution in [2.45, 2.75) is 6.10 Å². The average molecular weight is 318 g/mol. The number of nitrogens with zero attached hydrogens (tertiary/aromatic N) is 1. The van der Waals surface area contributed by atoms with E-state index in [-0.39, 0.29) is 12.0 Å². The van der Waals surface area contributed by atoms with Crippen molar-refractivity contribution < 1.29 is 9.53 Å². The number of nitrogens with one attached hydrogen (secondary N) is 1. The van der Waals surface area contributed by atoms with Crippen molar-refractivity contribution in [3.63, 3.8) is 0 Å². The number of hydrogen-bond acceptors (Lipinski definition) is 5. The summed E-state index contributed by atoms with van der Waals surface area (Å²) < 4.78 is 6.43. The van der Waals surface area contributed by atoms with Crippen molar-refractivity contribution in [1.82, 2.24) is 10.3 Å². The number of methoxy groups -OCH3 is 1. The first-order valence-corrected chi connectivity index (χ1v) is 8.22. The van der Waals surface area contributed by atoms with Gasteiger partial charge in [0.05, 0.1) is 10.2 Å². The molecule has 3 aromatic rings. The molecule has 1 atom stereocenters. The maximum atomic E-state index is 12.2.